The number of fused-ring (bicyclic) bond motifs is 1. The van der Waals surface area contributed by atoms with E-state index >= 15 is 0 Å². The summed E-state index contributed by atoms with van der Waals surface area (Å²) < 4.78 is 0. The van der Waals surface area contributed by atoms with Crippen LogP contribution in [0.4, 0.5) is 5.69 Å². The second-order valence-corrected chi connectivity index (χ2v) is 5.81. The van der Waals surface area contributed by atoms with Gasteiger partial charge in [-0.25, -0.2) is 0 Å². The van der Waals surface area contributed by atoms with E-state index in [2.05, 4.69) is 0 Å². The number of nitrogens with zero attached hydrogens (tertiary/aromatic N) is 2. The molecule has 4 nitrogen and oxygen atoms in total. The molecule has 21 heavy (non-hydrogen) atoms. The monoisotopic (exact) mass is 286 g/mol. The minimum Gasteiger partial charge on any atom is -0.339 e. The number of piperidine rings is 1. The van der Waals surface area contributed by atoms with Crippen LogP contribution in [-0.4, -0.2) is 36.3 Å². The maximum atomic E-state index is 12.7. The molecule has 4 heteroatoms. The highest BCUT2D eigenvalue weighted by atomic mass is 16.2. The quantitative estimate of drug-likeness (QED) is 0.838. The molecule has 3 rings (SSSR count). The smallest absolute Gasteiger partial charge is 0.254 e. The van der Waals surface area contributed by atoms with Gasteiger partial charge >= 0.3 is 0 Å². The molecule has 2 aliphatic heterocycles. The topological polar surface area (TPSA) is 40.6 Å². The van der Waals surface area contributed by atoms with Crippen LogP contribution in [0, 0.1) is 0 Å². The summed E-state index contributed by atoms with van der Waals surface area (Å²) in [5, 5.41) is 0. The molecular weight excluding hydrogens is 264 g/mol. The minimum absolute atomic E-state index is 0.135. The summed E-state index contributed by atoms with van der Waals surface area (Å²) in [6.07, 6.45) is 4.71. The molecule has 0 aliphatic carbocycles. The third-order valence-electron chi connectivity index (χ3n) is 4.50. The molecular formula is C17H22N2O2. The van der Waals surface area contributed by atoms with E-state index < -0.39 is 0 Å². The number of likely N-dealkylation sites (tertiary alicyclic amines) is 1. The van der Waals surface area contributed by atoms with E-state index in [0.717, 1.165) is 49.2 Å². The minimum atomic E-state index is 0.135. The van der Waals surface area contributed by atoms with E-state index in [1.807, 2.05) is 34.9 Å². The van der Waals surface area contributed by atoms with Gasteiger partial charge < -0.3 is 9.80 Å². The Morgan fingerprint density at radius 1 is 1.10 bits per heavy atom. The van der Waals surface area contributed by atoms with Crippen molar-refractivity contribution in [2.45, 2.75) is 39.0 Å². The second-order valence-electron chi connectivity index (χ2n) is 5.81. The van der Waals surface area contributed by atoms with E-state index in [9.17, 15) is 9.59 Å². The molecule has 1 fully saturated rings. The molecule has 0 bridgehead atoms. The second kappa shape index (κ2) is 5.88. The Labute approximate surface area is 125 Å². The molecule has 0 unspecified atom stereocenters. The first-order valence-electron chi connectivity index (χ1n) is 7.94. The fraction of sp³-hybridized carbons (Fsp3) is 0.529. The van der Waals surface area contributed by atoms with Gasteiger partial charge in [0.15, 0.2) is 0 Å². The first kappa shape index (κ1) is 14.1. The van der Waals surface area contributed by atoms with Crippen LogP contribution in [0.2, 0.25) is 0 Å². The van der Waals surface area contributed by atoms with Crippen LogP contribution >= 0.6 is 0 Å². The van der Waals surface area contributed by atoms with E-state index in [4.69, 9.17) is 0 Å². The van der Waals surface area contributed by atoms with Gasteiger partial charge in [-0.3, -0.25) is 9.59 Å². The number of benzene rings is 1. The van der Waals surface area contributed by atoms with Crippen LogP contribution in [-0.2, 0) is 11.2 Å². The molecule has 0 aromatic heterocycles. The molecule has 1 aromatic carbocycles. The molecule has 2 heterocycles. The average Bonchev–Trinajstić information content (AvgIpc) is 2.98. The summed E-state index contributed by atoms with van der Waals surface area (Å²) in [6, 6.07) is 5.77. The largest absolute Gasteiger partial charge is 0.339 e. The Bertz CT molecular complexity index is 562. The molecule has 2 aliphatic rings. The van der Waals surface area contributed by atoms with Crippen molar-refractivity contribution in [2.24, 2.45) is 0 Å². The van der Waals surface area contributed by atoms with Crippen molar-refractivity contribution in [1.29, 1.82) is 0 Å². The van der Waals surface area contributed by atoms with Gasteiger partial charge in [0.2, 0.25) is 5.91 Å². The Balaban J connectivity index is 1.89. The fourth-order valence-corrected chi connectivity index (χ4v) is 3.35. The zero-order chi connectivity index (χ0) is 14.8. The van der Waals surface area contributed by atoms with E-state index in [1.54, 1.807) is 0 Å². The number of anilines is 1. The first-order valence-corrected chi connectivity index (χ1v) is 7.94. The number of hydrogen-bond acceptors (Lipinski definition) is 2. The van der Waals surface area contributed by atoms with Crippen molar-refractivity contribution in [1.82, 2.24) is 4.90 Å². The fourth-order valence-electron chi connectivity index (χ4n) is 3.35. The molecule has 0 saturated carbocycles. The number of hydrogen-bond donors (Lipinski definition) is 0. The van der Waals surface area contributed by atoms with E-state index in [-0.39, 0.29) is 11.8 Å². The van der Waals surface area contributed by atoms with Crippen LogP contribution < -0.4 is 4.90 Å². The summed E-state index contributed by atoms with van der Waals surface area (Å²) >= 11 is 0. The van der Waals surface area contributed by atoms with Crippen LogP contribution in [0.5, 0.6) is 0 Å². The maximum absolute atomic E-state index is 12.7. The number of carbonyl (C=O) groups excluding carboxylic acids is 2. The Morgan fingerprint density at radius 2 is 1.86 bits per heavy atom. The summed E-state index contributed by atoms with van der Waals surface area (Å²) in [6.45, 7) is 4.30. The lowest BCUT2D eigenvalue weighted by Gasteiger charge is -2.27. The SMILES string of the molecule is CCC(=O)N1CCc2c(C(=O)N3CCCCC3)cccc21. The lowest BCUT2D eigenvalue weighted by atomic mass is 10.0. The van der Waals surface area contributed by atoms with Crippen LogP contribution in [0.3, 0.4) is 0 Å². The lowest BCUT2D eigenvalue weighted by molar-refractivity contribution is -0.118. The van der Waals surface area contributed by atoms with Crippen LogP contribution in [0.25, 0.3) is 0 Å². The van der Waals surface area contributed by atoms with Crippen molar-refractivity contribution in [2.75, 3.05) is 24.5 Å². The predicted octanol–water partition coefficient (Wildman–Crippen LogP) is 2.61. The highest BCUT2D eigenvalue weighted by Crippen LogP contribution is 2.32. The highest BCUT2D eigenvalue weighted by molar-refractivity contribution is 6.01. The molecule has 112 valence electrons. The Hall–Kier alpha value is -1.84. The van der Waals surface area contributed by atoms with Crippen molar-refractivity contribution in [3.63, 3.8) is 0 Å². The van der Waals surface area contributed by atoms with Crippen molar-refractivity contribution >= 4 is 17.5 Å². The first-order chi connectivity index (χ1) is 10.2. The zero-order valence-corrected chi connectivity index (χ0v) is 12.6. The van der Waals surface area contributed by atoms with E-state index in [1.165, 1.54) is 6.42 Å². The normalized spacial score (nSPS) is 17.8. The molecule has 2 amide bonds. The lowest BCUT2D eigenvalue weighted by Crippen LogP contribution is -2.36. The molecule has 0 spiro atoms. The number of amides is 2. The number of carbonyl (C=O) groups is 2. The van der Waals surface area contributed by atoms with Gasteiger partial charge in [-0.15, -0.1) is 0 Å². The van der Waals surface area contributed by atoms with Gasteiger partial charge in [-0.05, 0) is 43.4 Å². The molecule has 0 N–H and O–H groups in total. The molecule has 0 atom stereocenters. The van der Waals surface area contributed by atoms with Gasteiger partial charge in [0.1, 0.15) is 0 Å². The molecule has 1 saturated heterocycles. The summed E-state index contributed by atoms with van der Waals surface area (Å²) in [5.74, 6) is 0.272. The Kier molecular flexibility index (Phi) is 3.95. The van der Waals surface area contributed by atoms with Gasteiger partial charge in [0, 0.05) is 37.3 Å². The van der Waals surface area contributed by atoms with Gasteiger partial charge in [-0.1, -0.05) is 13.0 Å². The van der Waals surface area contributed by atoms with Gasteiger partial charge in [0.05, 0.1) is 0 Å². The zero-order valence-electron chi connectivity index (χ0n) is 12.6. The maximum Gasteiger partial charge on any atom is 0.254 e. The number of rotatable bonds is 2. The standard InChI is InChI=1S/C17H22N2O2/c1-2-16(20)19-12-9-13-14(7-6-8-15(13)19)17(21)18-10-4-3-5-11-18/h6-8H,2-5,9-12H2,1H3. The third kappa shape index (κ3) is 2.55. The summed E-state index contributed by atoms with van der Waals surface area (Å²) in [7, 11) is 0. The van der Waals surface area contributed by atoms with Crippen molar-refractivity contribution in [3.8, 4) is 0 Å². The average molecular weight is 286 g/mol. The third-order valence-corrected chi connectivity index (χ3v) is 4.50. The van der Waals surface area contributed by atoms with Crippen molar-refractivity contribution < 1.29 is 9.59 Å². The van der Waals surface area contributed by atoms with Crippen molar-refractivity contribution in [3.05, 3.63) is 29.3 Å². The van der Waals surface area contributed by atoms with Crippen LogP contribution in [0.1, 0.15) is 48.5 Å². The summed E-state index contributed by atoms with van der Waals surface area (Å²) in [4.78, 5) is 28.5. The van der Waals surface area contributed by atoms with Crippen LogP contribution in [0.15, 0.2) is 18.2 Å². The Morgan fingerprint density at radius 3 is 2.57 bits per heavy atom. The predicted molar refractivity (Wildman–Crippen MR) is 82.5 cm³/mol. The summed E-state index contributed by atoms with van der Waals surface area (Å²) in [5.41, 5.74) is 2.78. The molecule has 0 radical (unpaired) electrons. The van der Waals surface area contributed by atoms with Gasteiger partial charge in [-0.2, -0.15) is 0 Å². The molecule has 1 aromatic rings. The van der Waals surface area contributed by atoms with Gasteiger partial charge in [0.25, 0.3) is 5.91 Å². The van der Waals surface area contributed by atoms with E-state index in [0.29, 0.717) is 13.0 Å². The highest BCUT2D eigenvalue weighted by Gasteiger charge is 2.29.